The van der Waals surface area contributed by atoms with Gasteiger partial charge in [0.25, 0.3) is 0 Å². The molecule has 54 heavy (non-hydrogen) atoms. The van der Waals surface area contributed by atoms with Crippen molar-refractivity contribution in [3.63, 3.8) is 0 Å². The summed E-state index contributed by atoms with van der Waals surface area (Å²) in [4.78, 5) is 2.35. The van der Waals surface area contributed by atoms with Gasteiger partial charge in [0.2, 0.25) is 0 Å². The van der Waals surface area contributed by atoms with Gasteiger partial charge in [-0.25, -0.2) is 0 Å². The Morgan fingerprint density at radius 2 is 0.815 bits per heavy atom. The molecular weight excluding hydrogens is 655 g/mol. The van der Waals surface area contributed by atoms with E-state index in [0.29, 0.717) is 0 Å². The molecule has 11 aromatic rings. The first kappa shape index (κ1) is 30.5. The van der Waals surface area contributed by atoms with Crippen LogP contribution in [0.15, 0.2) is 205 Å². The average Bonchev–Trinajstić information content (AvgIpc) is 3.64. The summed E-state index contributed by atoms with van der Waals surface area (Å²) in [5, 5.41) is 12.0. The Labute approximate surface area is 312 Å². The first-order valence-corrected chi connectivity index (χ1v) is 18.5. The van der Waals surface area contributed by atoms with Gasteiger partial charge < -0.3 is 9.32 Å². The van der Waals surface area contributed by atoms with E-state index in [2.05, 4.69) is 205 Å². The number of rotatable bonds is 5. The molecule has 2 nitrogen and oxygen atoms in total. The van der Waals surface area contributed by atoms with Crippen LogP contribution in [0.1, 0.15) is 0 Å². The van der Waals surface area contributed by atoms with Crippen molar-refractivity contribution in [3.8, 4) is 22.3 Å². The summed E-state index contributed by atoms with van der Waals surface area (Å²) in [6, 6.07) is 72.2. The number of nitrogens with zero attached hydrogens (tertiary/aromatic N) is 1. The maximum absolute atomic E-state index is 6.88. The zero-order valence-electron chi connectivity index (χ0n) is 29.4. The molecular formula is C52H33NO. The molecule has 11 rings (SSSR count). The van der Waals surface area contributed by atoms with E-state index >= 15 is 0 Å². The summed E-state index contributed by atoms with van der Waals surface area (Å²) in [5.74, 6) is 0. The highest BCUT2D eigenvalue weighted by molar-refractivity contribution is 6.18. The molecule has 0 saturated carbocycles. The van der Waals surface area contributed by atoms with Gasteiger partial charge in [0, 0.05) is 27.2 Å². The van der Waals surface area contributed by atoms with Crippen LogP contribution in [0.3, 0.4) is 0 Å². The Kier molecular flexibility index (Phi) is 6.90. The lowest BCUT2D eigenvalue weighted by Gasteiger charge is -2.27. The monoisotopic (exact) mass is 687 g/mol. The number of furan rings is 1. The van der Waals surface area contributed by atoms with Crippen LogP contribution < -0.4 is 4.90 Å². The highest BCUT2D eigenvalue weighted by atomic mass is 16.3. The van der Waals surface area contributed by atoms with E-state index in [0.717, 1.165) is 44.4 Å². The van der Waals surface area contributed by atoms with Crippen molar-refractivity contribution in [1.29, 1.82) is 0 Å². The molecule has 0 aliphatic heterocycles. The molecule has 2 heteroatoms. The Morgan fingerprint density at radius 1 is 0.296 bits per heavy atom. The number of anilines is 3. The largest absolute Gasteiger partial charge is 0.453 e. The summed E-state index contributed by atoms with van der Waals surface area (Å²) in [7, 11) is 0. The van der Waals surface area contributed by atoms with Gasteiger partial charge in [-0.2, -0.15) is 0 Å². The lowest BCUT2D eigenvalue weighted by molar-refractivity contribution is 0.673. The van der Waals surface area contributed by atoms with Crippen LogP contribution in [-0.4, -0.2) is 0 Å². The molecule has 0 fully saturated rings. The predicted octanol–water partition coefficient (Wildman–Crippen LogP) is 15.0. The number of hydrogen-bond donors (Lipinski definition) is 0. The fourth-order valence-corrected chi connectivity index (χ4v) is 8.44. The van der Waals surface area contributed by atoms with Crippen LogP contribution >= 0.6 is 0 Å². The van der Waals surface area contributed by atoms with Crippen molar-refractivity contribution in [2.75, 3.05) is 4.90 Å². The highest BCUT2D eigenvalue weighted by Gasteiger charge is 2.21. The Balaban J connectivity index is 1.03. The minimum absolute atomic E-state index is 0.873. The van der Waals surface area contributed by atoms with Gasteiger partial charge in [-0.15, -0.1) is 0 Å². The lowest BCUT2D eigenvalue weighted by Crippen LogP contribution is -2.10. The molecule has 0 unspecified atom stereocenters. The van der Waals surface area contributed by atoms with Gasteiger partial charge in [0.15, 0.2) is 5.58 Å². The Morgan fingerprint density at radius 3 is 1.59 bits per heavy atom. The van der Waals surface area contributed by atoms with Crippen molar-refractivity contribution in [2.24, 2.45) is 0 Å². The lowest BCUT2D eigenvalue weighted by atomic mass is 9.92. The molecule has 252 valence electrons. The zero-order valence-corrected chi connectivity index (χ0v) is 29.4. The standard InChI is InChI=1S/C52H33NO/c1-5-16-42-36(11-1)14-9-21-49(42)53(50-22-10-20-46-47-32-29-37-12-2-6-17-43(37)51(47)54-52(46)50)40-30-27-35(28-31-40)34-23-25-38(26-24-34)48-33-39-13-3-4-15-41(39)44-18-7-8-19-45(44)48/h1-33H. The summed E-state index contributed by atoms with van der Waals surface area (Å²) in [5.41, 5.74) is 9.78. The molecule has 0 aliphatic carbocycles. The average molecular weight is 688 g/mol. The molecule has 0 amide bonds. The third-order valence-corrected chi connectivity index (χ3v) is 11.0. The van der Waals surface area contributed by atoms with E-state index < -0.39 is 0 Å². The third-order valence-electron chi connectivity index (χ3n) is 11.0. The molecule has 0 aliphatic rings. The number of fused-ring (bicyclic) bond motifs is 9. The molecule has 0 spiro atoms. The van der Waals surface area contributed by atoms with Crippen molar-refractivity contribution >= 4 is 82.1 Å². The topological polar surface area (TPSA) is 16.4 Å². The second-order valence-corrected chi connectivity index (χ2v) is 14.1. The van der Waals surface area contributed by atoms with Crippen molar-refractivity contribution in [3.05, 3.63) is 200 Å². The summed E-state index contributed by atoms with van der Waals surface area (Å²) >= 11 is 0. The molecule has 1 heterocycles. The summed E-state index contributed by atoms with van der Waals surface area (Å²) in [6.07, 6.45) is 0. The molecule has 10 aromatic carbocycles. The van der Waals surface area contributed by atoms with E-state index in [9.17, 15) is 0 Å². The Hall–Kier alpha value is -7.16. The van der Waals surface area contributed by atoms with Gasteiger partial charge in [-0.3, -0.25) is 0 Å². The molecule has 0 atom stereocenters. The molecule has 0 bridgehead atoms. The van der Waals surface area contributed by atoms with Gasteiger partial charge in [0.1, 0.15) is 5.58 Å². The smallest absolute Gasteiger partial charge is 0.159 e. The van der Waals surface area contributed by atoms with E-state index in [1.54, 1.807) is 0 Å². The zero-order chi connectivity index (χ0) is 35.6. The summed E-state index contributed by atoms with van der Waals surface area (Å²) < 4.78 is 6.88. The van der Waals surface area contributed by atoms with Gasteiger partial charge in [-0.05, 0) is 91.0 Å². The maximum atomic E-state index is 6.88. The van der Waals surface area contributed by atoms with Crippen molar-refractivity contribution < 1.29 is 4.42 Å². The Bertz CT molecular complexity index is 3200. The van der Waals surface area contributed by atoms with Crippen LogP contribution in [0.25, 0.3) is 87.3 Å². The predicted molar refractivity (Wildman–Crippen MR) is 229 cm³/mol. The molecule has 0 radical (unpaired) electrons. The minimum Gasteiger partial charge on any atom is -0.453 e. The number of hydrogen-bond acceptors (Lipinski definition) is 2. The molecule has 1 aromatic heterocycles. The third kappa shape index (κ3) is 4.81. The number of benzene rings is 10. The van der Waals surface area contributed by atoms with E-state index in [1.807, 2.05) is 0 Å². The normalized spacial score (nSPS) is 11.7. The fourth-order valence-electron chi connectivity index (χ4n) is 8.44. The first-order valence-electron chi connectivity index (χ1n) is 18.5. The quantitative estimate of drug-likeness (QED) is 0.168. The van der Waals surface area contributed by atoms with Crippen molar-refractivity contribution in [2.45, 2.75) is 0 Å². The summed E-state index contributed by atoms with van der Waals surface area (Å²) in [6.45, 7) is 0. The van der Waals surface area contributed by atoms with Gasteiger partial charge >= 0.3 is 0 Å². The van der Waals surface area contributed by atoms with Crippen LogP contribution in [0.2, 0.25) is 0 Å². The minimum atomic E-state index is 0.873. The van der Waals surface area contributed by atoms with Crippen LogP contribution in [0.5, 0.6) is 0 Å². The molecule has 0 saturated heterocycles. The highest BCUT2D eigenvalue weighted by Crippen LogP contribution is 2.45. The van der Waals surface area contributed by atoms with Crippen LogP contribution in [0, 0.1) is 0 Å². The molecule has 0 N–H and O–H groups in total. The first-order chi connectivity index (χ1) is 26.8. The van der Waals surface area contributed by atoms with Crippen molar-refractivity contribution in [1.82, 2.24) is 0 Å². The number of para-hydroxylation sites is 1. The van der Waals surface area contributed by atoms with Crippen LogP contribution in [0.4, 0.5) is 17.1 Å². The van der Waals surface area contributed by atoms with Gasteiger partial charge in [-0.1, -0.05) is 164 Å². The van der Waals surface area contributed by atoms with E-state index in [-0.39, 0.29) is 0 Å². The van der Waals surface area contributed by atoms with E-state index in [4.69, 9.17) is 4.42 Å². The van der Waals surface area contributed by atoms with Crippen LogP contribution in [-0.2, 0) is 0 Å². The van der Waals surface area contributed by atoms with E-state index in [1.165, 1.54) is 60.0 Å². The second-order valence-electron chi connectivity index (χ2n) is 14.1. The fraction of sp³-hybridized carbons (Fsp3) is 0. The second kappa shape index (κ2) is 12.2. The SMILES string of the molecule is c1ccc2c(N(c3ccc(-c4ccc(-c5cc6ccccc6c6ccccc56)cc4)cc3)c3cccc4c3oc3c5ccccc5ccc43)cccc2c1. The maximum Gasteiger partial charge on any atom is 0.159 e. The van der Waals surface area contributed by atoms with Gasteiger partial charge in [0.05, 0.1) is 11.4 Å².